The number of hydrazone groups is 1. The number of ether oxygens (including phenoxy) is 2. The molecule has 2 amide bonds. The van der Waals surface area contributed by atoms with Crippen LogP contribution in [0, 0.1) is 0 Å². The summed E-state index contributed by atoms with van der Waals surface area (Å²) in [6.07, 6.45) is 0.988. The molecule has 2 N–H and O–H groups in total. The van der Waals surface area contributed by atoms with Gasteiger partial charge in [0.1, 0.15) is 12.2 Å². The van der Waals surface area contributed by atoms with E-state index in [9.17, 15) is 14.4 Å². The molecular weight excluding hydrogens is 433 g/mol. The number of rotatable bonds is 9. The molecule has 0 saturated heterocycles. The van der Waals surface area contributed by atoms with Crippen molar-refractivity contribution in [3.63, 3.8) is 0 Å². The number of carbonyl (C=O) groups excluding carboxylic acids is 3. The second kappa shape index (κ2) is 11.8. The number of anilines is 1. The zero-order valence-corrected chi connectivity index (χ0v) is 17.5. The molecule has 0 radical (unpaired) electrons. The average molecular weight is 452 g/mol. The molecule has 158 valence electrons. The molecule has 2 aromatic carbocycles. The lowest BCUT2D eigenvalue weighted by atomic mass is 10.2. The highest BCUT2D eigenvalue weighted by Gasteiger charge is 2.10. The second-order valence-electron chi connectivity index (χ2n) is 5.81. The molecule has 0 heterocycles. The Hall–Kier alpha value is -3.10. The summed E-state index contributed by atoms with van der Waals surface area (Å²) >= 11 is 11.7. The predicted octanol–water partition coefficient (Wildman–Crippen LogP) is 3.41. The van der Waals surface area contributed by atoms with Gasteiger partial charge < -0.3 is 14.8 Å². The highest BCUT2D eigenvalue weighted by Crippen LogP contribution is 2.25. The van der Waals surface area contributed by atoms with Crippen molar-refractivity contribution in [3.8, 4) is 5.75 Å². The topological polar surface area (TPSA) is 106 Å². The molecule has 10 heteroatoms. The number of nitrogens with one attached hydrogen (secondary N) is 2. The maximum absolute atomic E-state index is 11.9. The minimum absolute atomic E-state index is 0.179. The van der Waals surface area contributed by atoms with Crippen LogP contribution in [0.3, 0.4) is 0 Å². The molecule has 0 aromatic heterocycles. The smallest absolute Gasteiger partial charge is 0.344 e. The molecular formula is C20H19Cl2N3O5. The highest BCUT2D eigenvalue weighted by atomic mass is 35.5. The number of hydrogen-bond donors (Lipinski definition) is 2. The largest absolute Gasteiger partial charge is 0.482 e. The summed E-state index contributed by atoms with van der Waals surface area (Å²) in [4.78, 5) is 35.0. The van der Waals surface area contributed by atoms with Crippen LogP contribution in [0.15, 0.2) is 47.6 Å². The summed E-state index contributed by atoms with van der Waals surface area (Å²) < 4.78 is 10.0. The normalized spacial score (nSPS) is 10.5. The van der Waals surface area contributed by atoms with Gasteiger partial charge in [-0.3, -0.25) is 9.59 Å². The van der Waals surface area contributed by atoms with Gasteiger partial charge in [-0.1, -0.05) is 23.2 Å². The van der Waals surface area contributed by atoms with E-state index in [2.05, 4.69) is 15.8 Å². The maximum Gasteiger partial charge on any atom is 0.344 e. The quantitative estimate of drug-likeness (QED) is 0.263. The Balaban J connectivity index is 1.76. The first-order valence-electron chi connectivity index (χ1n) is 8.82. The van der Waals surface area contributed by atoms with Crippen LogP contribution in [0.4, 0.5) is 5.69 Å². The summed E-state index contributed by atoms with van der Waals surface area (Å²) in [5.41, 5.74) is 3.37. The minimum atomic E-state index is -0.585. The molecule has 30 heavy (non-hydrogen) atoms. The maximum atomic E-state index is 11.9. The van der Waals surface area contributed by atoms with Crippen LogP contribution in [0.1, 0.15) is 18.9 Å². The molecule has 0 aliphatic rings. The summed E-state index contributed by atoms with van der Waals surface area (Å²) in [5.74, 6) is -1.07. The lowest BCUT2D eigenvalue weighted by Crippen LogP contribution is -2.24. The SMILES string of the molecule is CCOC(=O)COc1ccc(C=NNC(=O)CC(=O)Nc2ccc(Cl)c(Cl)c2)cc1. The van der Waals surface area contributed by atoms with E-state index in [-0.39, 0.29) is 6.61 Å². The predicted molar refractivity (Wildman–Crippen MR) is 114 cm³/mol. The van der Waals surface area contributed by atoms with Crippen molar-refractivity contribution in [2.45, 2.75) is 13.3 Å². The van der Waals surface area contributed by atoms with Crippen LogP contribution in [0.5, 0.6) is 5.75 Å². The van der Waals surface area contributed by atoms with E-state index in [0.717, 1.165) is 0 Å². The van der Waals surface area contributed by atoms with E-state index in [1.807, 2.05) is 0 Å². The molecule has 0 aliphatic heterocycles. The number of carbonyl (C=O) groups is 3. The summed E-state index contributed by atoms with van der Waals surface area (Å²) in [6.45, 7) is 1.83. The lowest BCUT2D eigenvalue weighted by molar-refractivity contribution is -0.145. The molecule has 0 bridgehead atoms. The number of esters is 1. The van der Waals surface area contributed by atoms with Crippen LogP contribution in [-0.2, 0) is 19.1 Å². The van der Waals surface area contributed by atoms with Gasteiger partial charge in [-0.15, -0.1) is 0 Å². The Bertz CT molecular complexity index is 933. The third-order valence-electron chi connectivity index (χ3n) is 3.47. The minimum Gasteiger partial charge on any atom is -0.482 e. The standard InChI is InChI=1S/C20H19Cl2N3O5/c1-2-29-20(28)12-30-15-6-3-13(4-7-15)11-23-25-19(27)10-18(26)24-14-5-8-16(21)17(22)9-14/h3-9,11H,2,10,12H2,1H3,(H,24,26)(H,25,27). The van der Waals surface area contributed by atoms with Crippen LogP contribution in [-0.4, -0.2) is 37.2 Å². The molecule has 8 nitrogen and oxygen atoms in total. The van der Waals surface area contributed by atoms with Gasteiger partial charge >= 0.3 is 5.97 Å². The fourth-order valence-corrected chi connectivity index (χ4v) is 2.44. The number of nitrogens with zero attached hydrogens (tertiary/aromatic N) is 1. The number of benzene rings is 2. The number of halogens is 2. The van der Waals surface area contributed by atoms with Crippen molar-refractivity contribution in [3.05, 3.63) is 58.1 Å². The van der Waals surface area contributed by atoms with Gasteiger partial charge in [-0.2, -0.15) is 5.10 Å². The Labute approximate surface area is 183 Å². The summed E-state index contributed by atoms with van der Waals surface area (Å²) in [6, 6.07) is 11.3. The zero-order valence-electron chi connectivity index (χ0n) is 16.0. The summed E-state index contributed by atoms with van der Waals surface area (Å²) in [5, 5.41) is 6.99. The fraction of sp³-hybridized carbons (Fsp3) is 0.200. The Kier molecular flexibility index (Phi) is 9.11. The molecule has 0 aliphatic carbocycles. The monoisotopic (exact) mass is 451 g/mol. The van der Waals surface area contributed by atoms with Gasteiger partial charge in [-0.25, -0.2) is 10.2 Å². The van der Waals surface area contributed by atoms with Crippen LogP contribution >= 0.6 is 23.2 Å². The van der Waals surface area contributed by atoms with E-state index in [4.69, 9.17) is 32.7 Å². The van der Waals surface area contributed by atoms with Crippen molar-refractivity contribution >= 4 is 52.9 Å². The average Bonchev–Trinajstić information content (AvgIpc) is 2.70. The van der Waals surface area contributed by atoms with Crippen molar-refractivity contribution in [2.75, 3.05) is 18.5 Å². The van der Waals surface area contributed by atoms with Crippen molar-refractivity contribution in [1.29, 1.82) is 0 Å². The molecule has 0 spiro atoms. The Morgan fingerprint density at radius 1 is 1.03 bits per heavy atom. The number of amides is 2. The Morgan fingerprint density at radius 3 is 2.43 bits per heavy atom. The summed E-state index contributed by atoms with van der Waals surface area (Å²) in [7, 11) is 0. The molecule has 2 aromatic rings. The zero-order chi connectivity index (χ0) is 21.9. The number of hydrogen-bond acceptors (Lipinski definition) is 6. The van der Waals surface area contributed by atoms with Gasteiger partial charge in [0.05, 0.1) is 22.9 Å². The molecule has 0 unspecified atom stereocenters. The van der Waals surface area contributed by atoms with Gasteiger partial charge in [0.2, 0.25) is 11.8 Å². The van der Waals surface area contributed by atoms with E-state index >= 15 is 0 Å². The second-order valence-corrected chi connectivity index (χ2v) is 6.62. The first-order valence-corrected chi connectivity index (χ1v) is 9.58. The van der Waals surface area contributed by atoms with E-state index in [1.165, 1.54) is 18.3 Å². The van der Waals surface area contributed by atoms with Crippen molar-refractivity contribution in [2.24, 2.45) is 5.10 Å². The third-order valence-corrected chi connectivity index (χ3v) is 4.21. The van der Waals surface area contributed by atoms with Gasteiger partial charge in [0.15, 0.2) is 6.61 Å². The molecule has 0 fully saturated rings. The first-order chi connectivity index (χ1) is 14.4. The van der Waals surface area contributed by atoms with Crippen LogP contribution in [0.25, 0.3) is 0 Å². The lowest BCUT2D eigenvalue weighted by Gasteiger charge is -2.06. The molecule has 0 atom stereocenters. The van der Waals surface area contributed by atoms with Gasteiger partial charge in [-0.05, 0) is 55.0 Å². The van der Waals surface area contributed by atoms with E-state index < -0.39 is 24.2 Å². The van der Waals surface area contributed by atoms with Crippen LogP contribution < -0.4 is 15.5 Å². The molecule has 0 saturated carbocycles. The van der Waals surface area contributed by atoms with Gasteiger partial charge in [0, 0.05) is 5.69 Å². The van der Waals surface area contributed by atoms with Crippen molar-refractivity contribution in [1.82, 2.24) is 5.43 Å². The van der Waals surface area contributed by atoms with E-state index in [0.29, 0.717) is 33.7 Å². The van der Waals surface area contributed by atoms with E-state index in [1.54, 1.807) is 37.3 Å². The van der Waals surface area contributed by atoms with Crippen molar-refractivity contribution < 1.29 is 23.9 Å². The molecule has 2 rings (SSSR count). The van der Waals surface area contributed by atoms with Crippen LogP contribution in [0.2, 0.25) is 10.0 Å². The van der Waals surface area contributed by atoms with Gasteiger partial charge in [0.25, 0.3) is 0 Å². The first kappa shape index (κ1) is 23.2. The fourth-order valence-electron chi connectivity index (χ4n) is 2.14. The Morgan fingerprint density at radius 2 is 1.77 bits per heavy atom. The highest BCUT2D eigenvalue weighted by molar-refractivity contribution is 6.42. The third kappa shape index (κ3) is 8.10.